The molecule has 17 heavy (non-hydrogen) atoms. The molecular formula is C12H11IN2OS. The Balaban J connectivity index is 2.18. The average Bonchev–Trinajstić information content (AvgIpc) is 2.69. The standard InChI is InChI=1S/C12H11IN2OS/c1-7-4-9(14)2-3-10(7)15-12(16)8-5-11(13)17-6-8/h2-6H,14H2,1H3,(H,15,16). The number of aryl methyl sites for hydroxylation is 1. The van der Waals surface area contributed by atoms with Crippen LogP contribution in [0.15, 0.2) is 29.6 Å². The predicted molar refractivity (Wildman–Crippen MR) is 80.6 cm³/mol. The van der Waals surface area contributed by atoms with Crippen molar-refractivity contribution in [2.75, 3.05) is 11.1 Å². The fourth-order valence-electron chi connectivity index (χ4n) is 1.45. The Kier molecular flexibility index (Phi) is 3.68. The second-order valence-electron chi connectivity index (χ2n) is 3.67. The minimum Gasteiger partial charge on any atom is -0.399 e. The maximum Gasteiger partial charge on any atom is 0.256 e. The lowest BCUT2D eigenvalue weighted by atomic mass is 10.1. The molecule has 1 aromatic heterocycles. The zero-order chi connectivity index (χ0) is 12.4. The van der Waals surface area contributed by atoms with Gasteiger partial charge in [0.1, 0.15) is 0 Å². The van der Waals surface area contributed by atoms with Crippen LogP contribution in [0.5, 0.6) is 0 Å². The van der Waals surface area contributed by atoms with Crippen molar-refractivity contribution in [3.63, 3.8) is 0 Å². The third-order valence-electron chi connectivity index (χ3n) is 2.33. The Bertz CT molecular complexity index is 565. The highest BCUT2D eigenvalue weighted by Gasteiger charge is 2.09. The highest BCUT2D eigenvalue weighted by Crippen LogP contribution is 2.21. The summed E-state index contributed by atoms with van der Waals surface area (Å²) in [5, 5.41) is 4.73. The van der Waals surface area contributed by atoms with Gasteiger partial charge in [0.25, 0.3) is 5.91 Å². The highest BCUT2D eigenvalue weighted by molar-refractivity contribution is 14.1. The third kappa shape index (κ3) is 2.98. The summed E-state index contributed by atoms with van der Waals surface area (Å²) in [6.45, 7) is 1.92. The molecule has 0 atom stereocenters. The summed E-state index contributed by atoms with van der Waals surface area (Å²) >= 11 is 3.75. The van der Waals surface area contributed by atoms with Crippen LogP contribution < -0.4 is 11.1 Å². The van der Waals surface area contributed by atoms with E-state index >= 15 is 0 Å². The van der Waals surface area contributed by atoms with Crippen LogP contribution in [0.4, 0.5) is 11.4 Å². The Morgan fingerprint density at radius 3 is 2.76 bits per heavy atom. The quantitative estimate of drug-likeness (QED) is 0.638. The first kappa shape index (κ1) is 12.4. The topological polar surface area (TPSA) is 55.1 Å². The Morgan fingerprint density at radius 2 is 2.18 bits per heavy atom. The highest BCUT2D eigenvalue weighted by atomic mass is 127. The van der Waals surface area contributed by atoms with Gasteiger partial charge in [0.2, 0.25) is 0 Å². The van der Waals surface area contributed by atoms with E-state index in [-0.39, 0.29) is 5.91 Å². The van der Waals surface area contributed by atoms with E-state index in [0.29, 0.717) is 11.3 Å². The van der Waals surface area contributed by atoms with Crippen LogP contribution in [0.1, 0.15) is 15.9 Å². The Hall–Kier alpha value is -1.08. The second kappa shape index (κ2) is 5.05. The second-order valence-corrected chi connectivity index (χ2v) is 6.47. The number of nitrogens with one attached hydrogen (secondary N) is 1. The molecule has 0 aliphatic heterocycles. The monoisotopic (exact) mass is 358 g/mol. The summed E-state index contributed by atoms with van der Waals surface area (Å²) in [6.07, 6.45) is 0. The first-order valence-electron chi connectivity index (χ1n) is 4.98. The van der Waals surface area contributed by atoms with E-state index in [1.54, 1.807) is 17.4 Å². The fraction of sp³-hybridized carbons (Fsp3) is 0.0833. The van der Waals surface area contributed by atoms with Crippen molar-refractivity contribution >= 4 is 51.2 Å². The molecule has 1 heterocycles. The van der Waals surface area contributed by atoms with Crippen molar-refractivity contribution in [2.45, 2.75) is 6.92 Å². The average molecular weight is 358 g/mol. The van der Waals surface area contributed by atoms with Gasteiger partial charge in [-0.1, -0.05) is 0 Å². The molecule has 1 amide bonds. The number of nitrogen functional groups attached to an aromatic ring is 1. The van der Waals surface area contributed by atoms with Gasteiger partial charge in [-0.25, -0.2) is 0 Å². The largest absolute Gasteiger partial charge is 0.399 e. The number of rotatable bonds is 2. The van der Waals surface area contributed by atoms with Crippen LogP contribution in [-0.4, -0.2) is 5.91 Å². The van der Waals surface area contributed by atoms with Crippen LogP contribution in [0.2, 0.25) is 0 Å². The molecule has 0 spiro atoms. The van der Waals surface area contributed by atoms with Gasteiger partial charge in [-0.15, -0.1) is 11.3 Å². The van der Waals surface area contributed by atoms with E-state index in [0.717, 1.165) is 14.1 Å². The lowest BCUT2D eigenvalue weighted by molar-refractivity contribution is 0.102. The molecule has 0 fully saturated rings. The van der Waals surface area contributed by atoms with Gasteiger partial charge in [-0.05, 0) is 59.3 Å². The molecule has 5 heteroatoms. The van der Waals surface area contributed by atoms with Gasteiger partial charge in [0.05, 0.1) is 8.45 Å². The van der Waals surface area contributed by atoms with Crippen LogP contribution in [0, 0.1) is 9.81 Å². The zero-order valence-electron chi connectivity index (χ0n) is 9.16. The number of carbonyl (C=O) groups excluding carboxylic acids is 1. The van der Waals surface area contributed by atoms with Crippen molar-refractivity contribution in [1.29, 1.82) is 0 Å². The maximum atomic E-state index is 11.9. The van der Waals surface area contributed by atoms with Crippen molar-refractivity contribution in [3.8, 4) is 0 Å². The number of nitrogens with two attached hydrogens (primary N) is 1. The molecule has 3 nitrogen and oxygen atoms in total. The lowest BCUT2D eigenvalue weighted by Gasteiger charge is -2.07. The Labute approximate surface area is 117 Å². The van der Waals surface area contributed by atoms with Gasteiger partial charge in [-0.2, -0.15) is 0 Å². The molecule has 1 aromatic carbocycles. The molecule has 0 bridgehead atoms. The van der Waals surface area contributed by atoms with Crippen molar-refractivity contribution in [1.82, 2.24) is 0 Å². The summed E-state index contributed by atoms with van der Waals surface area (Å²) in [4.78, 5) is 11.9. The fourth-order valence-corrected chi connectivity index (χ4v) is 2.78. The molecular weight excluding hydrogens is 347 g/mol. The van der Waals surface area contributed by atoms with Crippen molar-refractivity contribution in [3.05, 3.63) is 43.7 Å². The van der Waals surface area contributed by atoms with E-state index in [1.165, 1.54) is 0 Å². The van der Waals surface area contributed by atoms with Gasteiger partial charge in [0, 0.05) is 16.8 Å². The minimum absolute atomic E-state index is 0.0861. The van der Waals surface area contributed by atoms with Crippen molar-refractivity contribution in [2.24, 2.45) is 0 Å². The number of anilines is 2. The van der Waals surface area contributed by atoms with Gasteiger partial charge < -0.3 is 11.1 Å². The molecule has 2 rings (SSSR count). The molecule has 88 valence electrons. The van der Waals surface area contributed by atoms with Crippen molar-refractivity contribution < 1.29 is 4.79 Å². The van der Waals surface area contributed by atoms with Crippen LogP contribution in [0.3, 0.4) is 0 Å². The number of amides is 1. The molecule has 0 unspecified atom stereocenters. The van der Waals surface area contributed by atoms with Gasteiger partial charge >= 0.3 is 0 Å². The normalized spacial score (nSPS) is 10.2. The van der Waals surface area contributed by atoms with Crippen LogP contribution in [0.25, 0.3) is 0 Å². The first-order valence-corrected chi connectivity index (χ1v) is 6.93. The molecule has 3 N–H and O–H groups in total. The predicted octanol–water partition coefficient (Wildman–Crippen LogP) is 3.50. The number of hydrogen-bond donors (Lipinski definition) is 2. The number of benzene rings is 1. The molecule has 0 saturated carbocycles. The van der Waals surface area contributed by atoms with Crippen LogP contribution in [-0.2, 0) is 0 Å². The zero-order valence-corrected chi connectivity index (χ0v) is 12.1. The van der Waals surface area contributed by atoms with E-state index in [1.807, 2.05) is 30.5 Å². The van der Waals surface area contributed by atoms with E-state index in [4.69, 9.17) is 5.73 Å². The minimum atomic E-state index is -0.0861. The summed E-state index contributed by atoms with van der Waals surface area (Å²) < 4.78 is 1.10. The molecule has 0 aliphatic carbocycles. The first-order chi connectivity index (χ1) is 8.06. The summed E-state index contributed by atoms with van der Waals surface area (Å²) in [5.74, 6) is -0.0861. The summed E-state index contributed by atoms with van der Waals surface area (Å²) in [6, 6.07) is 7.31. The smallest absolute Gasteiger partial charge is 0.256 e. The maximum absolute atomic E-state index is 11.9. The van der Waals surface area contributed by atoms with E-state index in [9.17, 15) is 4.79 Å². The van der Waals surface area contributed by atoms with E-state index in [2.05, 4.69) is 27.9 Å². The number of hydrogen-bond acceptors (Lipinski definition) is 3. The Morgan fingerprint density at radius 1 is 1.41 bits per heavy atom. The number of carbonyl (C=O) groups is 1. The molecule has 2 aromatic rings. The molecule has 0 saturated heterocycles. The molecule has 0 aliphatic rings. The summed E-state index contributed by atoms with van der Waals surface area (Å²) in [5.41, 5.74) is 8.81. The summed E-state index contributed by atoms with van der Waals surface area (Å²) in [7, 11) is 0. The van der Waals surface area contributed by atoms with Gasteiger partial charge in [0.15, 0.2) is 0 Å². The van der Waals surface area contributed by atoms with E-state index < -0.39 is 0 Å². The van der Waals surface area contributed by atoms with Crippen LogP contribution >= 0.6 is 33.9 Å². The molecule has 0 radical (unpaired) electrons. The SMILES string of the molecule is Cc1cc(N)ccc1NC(=O)c1csc(I)c1. The van der Waals surface area contributed by atoms with Gasteiger partial charge in [-0.3, -0.25) is 4.79 Å². The third-order valence-corrected chi connectivity index (χ3v) is 4.12. The number of thiophene rings is 1. The lowest BCUT2D eigenvalue weighted by Crippen LogP contribution is -2.11. The number of halogens is 1.